The van der Waals surface area contributed by atoms with Crippen molar-refractivity contribution in [3.63, 3.8) is 0 Å². The van der Waals surface area contributed by atoms with Gasteiger partial charge < -0.3 is 0 Å². The third-order valence-corrected chi connectivity index (χ3v) is 12.5. The van der Waals surface area contributed by atoms with Crippen LogP contribution in [0.1, 0.15) is 22.3 Å². The van der Waals surface area contributed by atoms with Crippen molar-refractivity contribution < 1.29 is 0 Å². The van der Waals surface area contributed by atoms with Crippen LogP contribution in [0.4, 0.5) is 0 Å². The second kappa shape index (κ2) is 10.7. The highest BCUT2D eigenvalue weighted by Gasteiger charge is 2.50. The van der Waals surface area contributed by atoms with E-state index >= 15 is 0 Å². The van der Waals surface area contributed by atoms with Gasteiger partial charge in [0.25, 0.3) is 0 Å². The van der Waals surface area contributed by atoms with Gasteiger partial charge in [-0.25, -0.2) is 9.97 Å². The average Bonchev–Trinajstić information content (AvgIpc) is 3.73. The van der Waals surface area contributed by atoms with E-state index in [1.54, 1.807) is 0 Å². The van der Waals surface area contributed by atoms with Crippen molar-refractivity contribution in [3.05, 3.63) is 192 Å². The number of benzene rings is 7. The van der Waals surface area contributed by atoms with Crippen LogP contribution in [0.2, 0.25) is 0 Å². The Labute approximate surface area is 309 Å². The van der Waals surface area contributed by atoms with E-state index in [9.17, 15) is 0 Å². The fourth-order valence-electron chi connectivity index (χ4n) is 9.25. The smallest absolute Gasteiger partial charge is 0.237 e. The Hall–Kier alpha value is -6.56. The highest BCUT2D eigenvalue weighted by molar-refractivity contribution is 7.99. The van der Waals surface area contributed by atoms with E-state index in [2.05, 4.69) is 156 Å². The molecule has 1 aliphatic carbocycles. The predicted octanol–water partition coefficient (Wildman–Crippen LogP) is 11.8. The molecule has 7 aromatic carbocycles. The fourth-order valence-corrected chi connectivity index (χ4v) is 10.6. The summed E-state index contributed by atoms with van der Waals surface area (Å²) >= 11 is 1.89. The van der Waals surface area contributed by atoms with Crippen LogP contribution in [-0.2, 0) is 5.41 Å². The molecule has 0 unspecified atom stereocenters. The lowest BCUT2D eigenvalue weighted by atomic mass is 9.67. The van der Waals surface area contributed by atoms with Gasteiger partial charge in [-0.2, -0.15) is 4.98 Å². The Bertz CT molecular complexity index is 3120. The molecule has 2 aliphatic rings. The normalized spacial score (nSPS) is 13.7. The minimum atomic E-state index is -0.465. The van der Waals surface area contributed by atoms with Crippen LogP contribution in [0.25, 0.3) is 71.9 Å². The van der Waals surface area contributed by atoms with Gasteiger partial charge in [0, 0.05) is 43.1 Å². The topological polar surface area (TPSA) is 43.6 Å². The number of nitrogens with zero attached hydrogens (tertiary/aromatic N) is 4. The molecular formula is C48H28N4S. The lowest BCUT2D eigenvalue weighted by Crippen LogP contribution is -2.32. The molecule has 0 fully saturated rings. The molecule has 0 saturated heterocycles. The Balaban J connectivity index is 1.26. The minimum Gasteiger partial charge on any atom is -0.277 e. The van der Waals surface area contributed by atoms with Crippen LogP contribution in [0, 0.1) is 0 Å². The standard InChI is InChI=1S/C48H28N4S/c1-2-14-30(15-3-1)43-35-19-12-28-49-46(35)51-47(50-43)52-40-27-26-39-45(42(40)34-25-24-29-13-4-5-16-31(29)44(34)52)53-41-23-11-10-22-38(41)48(39)36-20-8-6-17-32(36)33-18-7-9-21-37(33)48/h1-28H. The van der Waals surface area contributed by atoms with Crippen LogP contribution in [-0.4, -0.2) is 19.5 Å². The molecule has 1 aliphatic heterocycles. The Morgan fingerprint density at radius 1 is 0.509 bits per heavy atom. The molecule has 12 rings (SSSR count). The summed E-state index contributed by atoms with van der Waals surface area (Å²) in [4.78, 5) is 18.0. The number of aromatic nitrogens is 4. The molecule has 246 valence electrons. The summed E-state index contributed by atoms with van der Waals surface area (Å²) in [5.41, 5.74) is 12.2. The first-order chi connectivity index (χ1) is 26.3. The molecule has 0 N–H and O–H groups in total. The molecule has 0 amide bonds. The van der Waals surface area contributed by atoms with E-state index < -0.39 is 5.41 Å². The number of hydrogen-bond acceptors (Lipinski definition) is 4. The van der Waals surface area contributed by atoms with Crippen molar-refractivity contribution in [1.82, 2.24) is 19.5 Å². The SMILES string of the molecule is c1ccc(-c2nc(-n3c4ccc5c(c4c4ccc6ccccc6c43)Sc3ccccc3C53c4ccccc4-c4ccccc43)nc3ncccc23)cc1. The summed E-state index contributed by atoms with van der Waals surface area (Å²) in [7, 11) is 0. The number of hydrogen-bond donors (Lipinski definition) is 0. The quantitative estimate of drug-likeness (QED) is 0.181. The summed E-state index contributed by atoms with van der Waals surface area (Å²) in [5.74, 6) is 0.610. The molecule has 10 aromatic rings. The monoisotopic (exact) mass is 692 g/mol. The van der Waals surface area contributed by atoms with Crippen LogP contribution in [0.3, 0.4) is 0 Å². The highest BCUT2D eigenvalue weighted by Crippen LogP contribution is 2.63. The van der Waals surface area contributed by atoms with E-state index in [0.717, 1.165) is 33.1 Å². The van der Waals surface area contributed by atoms with Crippen LogP contribution < -0.4 is 0 Å². The van der Waals surface area contributed by atoms with E-state index in [4.69, 9.17) is 15.0 Å². The van der Waals surface area contributed by atoms with Crippen molar-refractivity contribution in [2.24, 2.45) is 0 Å². The molecular weight excluding hydrogens is 665 g/mol. The van der Waals surface area contributed by atoms with Crippen LogP contribution in [0.15, 0.2) is 180 Å². The second-order valence-corrected chi connectivity index (χ2v) is 15.0. The lowest BCUT2D eigenvalue weighted by Gasteiger charge is -2.40. The van der Waals surface area contributed by atoms with Gasteiger partial charge in [-0.15, -0.1) is 0 Å². The lowest BCUT2D eigenvalue weighted by molar-refractivity contribution is 0.726. The largest absolute Gasteiger partial charge is 0.277 e. The highest BCUT2D eigenvalue weighted by atomic mass is 32.2. The first kappa shape index (κ1) is 29.1. The number of rotatable bonds is 2. The first-order valence-electron chi connectivity index (χ1n) is 18.0. The molecule has 1 spiro atoms. The van der Waals surface area contributed by atoms with Crippen molar-refractivity contribution in [3.8, 4) is 28.3 Å². The van der Waals surface area contributed by atoms with Crippen LogP contribution in [0.5, 0.6) is 0 Å². The summed E-state index contributed by atoms with van der Waals surface area (Å²) in [5, 5.41) is 5.66. The van der Waals surface area contributed by atoms with Gasteiger partial charge in [0.05, 0.1) is 22.1 Å². The summed E-state index contributed by atoms with van der Waals surface area (Å²) in [6.45, 7) is 0. The third-order valence-electron chi connectivity index (χ3n) is 11.3. The van der Waals surface area contributed by atoms with E-state index in [-0.39, 0.29) is 0 Å². The van der Waals surface area contributed by atoms with Gasteiger partial charge in [-0.3, -0.25) is 4.57 Å². The Kier molecular flexibility index (Phi) is 5.89. The Morgan fingerprint density at radius 3 is 2.04 bits per heavy atom. The molecule has 0 radical (unpaired) electrons. The zero-order valence-corrected chi connectivity index (χ0v) is 29.2. The number of fused-ring (bicyclic) bond motifs is 16. The summed E-state index contributed by atoms with van der Waals surface area (Å²) < 4.78 is 2.29. The van der Waals surface area contributed by atoms with Gasteiger partial charge in [-0.05, 0) is 63.0 Å². The van der Waals surface area contributed by atoms with Crippen molar-refractivity contribution >= 4 is 55.4 Å². The zero-order chi connectivity index (χ0) is 34.7. The maximum absolute atomic E-state index is 5.40. The van der Waals surface area contributed by atoms with Gasteiger partial charge in [-0.1, -0.05) is 151 Å². The fraction of sp³-hybridized carbons (Fsp3) is 0.0208. The molecule has 5 heteroatoms. The molecule has 4 heterocycles. The maximum Gasteiger partial charge on any atom is 0.237 e. The molecule has 53 heavy (non-hydrogen) atoms. The Morgan fingerprint density at radius 2 is 1.21 bits per heavy atom. The van der Waals surface area contributed by atoms with E-state index in [1.807, 2.05) is 30.1 Å². The first-order valence-corrected chi connectivity index (χ1v) is 18.8. The van der Waals surface area contributed by atoms with E-state index in [0.29, 0.717) is 11.6 Å². The van der Waals surface area contributed by atoms with Gasteiger partial charge in [0.1, 0.15) is 0 Å². The van der Waals surface area contributed by atoms with Crippen molar-refractivity contribution in [2.45, 2.75) is 15.2 Å². The van der Waals surface area contributed by atoms with E-state index in [1.165, 1.54) is 59.3 Å². The van der Waals surface area contributed by atoms with Crippen LogP contribution >= 0.6 is 11.8 Å². The molecule has 0 bridgehead atoms. The molecule has 0 atom stereocenters. The van der Waals surface area contributed by atoms with Gasteiger partial charge in [0.15, 0.2) is 5.65 Å². The minimum absolute atomic E-state index is 0.465. The third kappa shape index (κ3) is 3.79. The van der Waals surface area contributed by atoms with Gasteiger partial charge in [0.2, 0.25) is 5.95 Å². The van der Waals surface area contributed by atoms with Crippen molar-refractivity contribution in [1.29, 1.82) is 0 Å². The predicted molar refractivity (Wildman–Crippen MR) is 216 cm³/mol. The number of pyridine rings is 1. The maximum atomic E-state index is 5.40. The average molecular weight is 693 g/mol. The zero-order valence-electron chi connectivity index (χ0n) is 28.4. The second-order valence-electron chi connectivity index (χ2n) is 13.9. The molecule has 0 saturated carbocycles. The van der Waals surface area contributed by atoms with Gasteiger partial charge >= 0.3 is 0 Å². The molecule has 3 aromatic heterocycles. The summed E-state index contributed by atoms with van der Waals surface area (Å²) in [6, 6.07) is 59.3. The molecule has 4 nitrogen and oxygen atoms in total. The van der Waals surface area contributed by atoms with Crippen molar-refractivity contribution in [2.75, 3.05) is 0 Å². The summed E-state index contributed by atoms with van der Waals surface area (Å²) in [6.07, 6.45) is 1.82.